The number of methoxy groups -OCH3 is 3. The minimum Gasteiger partial charge on any atom is -0.726 e. The Morgan fingerprint density at radius 3 is 0.881 bits per heavy atom. The largest absolute Gasteiger partial charge is 0.726 e. The van der Waals surface area contributed by atoms with Gasteiger partial charge in [-0.3, -0.25) is 41.8 Å². The Balaban J connectivity index is 1.68. The smallest absolute Gasteiger partial charge is 0.218 e. The fraction of sp³-hybridized carbons (Fsp3) is 0.939. The molecule has 0 aliphatic carbocycles. The second-order valence-corrected chi connectivity index (χ2v) is 29.7. The third-order valence-electron chi connectivity index (χ3n) is 13.0. The average Bonchev–Trinajstić information content (AvgIpc) is 0.762. The molecular weight excluding hydrogens is 1640 g/mol. The van der Waals surface area contributed by atoms with Crippen LogP contribution in [0.25, 0.3) is 0 Å². The van der Waals surface area contributed by atoms with Gasteiger partial charge in [0.05, 0.1) is 31.8 Å². The van der Waals surface area contributed by atoms with Crippen molar-refractivity contribution in [1.82, 2.24) is 0 Å². The molecule has 0 radical (unpaired) electrons. The lowest BCUT2D eigenvalue weighted by Gasteiger charge is -2.52. The number of carbonyl (C=O) groups is 2. The number of ether oxygens (including phenoxy) is 12. The standard InChI is InChI=1S/C33H54O58S10/c1-70-14-11(35)29(83-21(27(36)37)17(14)81-31-23(88-98(58,59)60)15(85-95(49,50)51)10(34)7(76-31)4-73-92(40,41)42)79-12-9(6-75-94(46,47)48)78-32(26(91-101(67,68)69)20(12)87-97(55,56)57)82-18-16(71-2)24(89-99(61,62)63)33(84-22(18)28(38)39)80-13-8(5-74-93(43,44)45)77-30(72-3)25(90-100(64,65)66)19(13)86-96(52,53)54/h7-26,29-35H,4-6H2,1-3H3,(H,36,37)(H,38,39)(H,40,41,42)(H,43,44,45)(H,46,47,48)(H,49,50,51)(H,52,53,54)(H,55,56,57)(H,58,59,60)(H,61,62,63)(H,64,65,66)(H,67,68,69)/p-12/t7-,8-,9-,10-,11-,12-,13-,14-,15+,16+,17+,18+,19+,20+,21+,22-,23-,24-,25-,26-,29-,30+,31-,32-,33-/m1/s1. The number of hydrogen-bond donors (Lipinski definition) is 2. The molecule has 0 aromatic carbocycles. The second kappa shape index (κ2) is 33.7. The van der Waals surface area contributed by atoms with Crippen molar-refractivity contribution in [3.63, 3.8) is 0 Å². The molecule has 101 heavy (non-hydrogen) atoms. The first-order valence-corrected chi connectivity index (χ1v) is 38.5. The molecule has 0 aromatic rings. The summed E-state index contributed by atoms with van der Waals surface area (Å²) >= 11 is 0. The van der Waals surface area contributed by atoms with E-state index in [4.69, 9.17) is 56.8 Å². The normalized spacial score (nSPS) is 36.3. The zero-order chi connectivity index (χ0) is 77.3. The fourth-order valence-corrected chi connectivity index (χ4v) is 13.9. The van der Waals surface area contributed by atoms with Gasteiger partial charge in [0.2, 0.25) is 104 Å². The second-order valence-electron chi connectivity index (χ2n) is 19.5. The Morgan fingerprint density at radius 1 is 0.287 bits per heavy atom. The summed E-state index contributed by atoms with van der Waals surface area (Å²) in [6.07, 6.45) is -80.2. The predicted molar refractivity (Wildman–Crippen MR) is 262 cm³/mol. The highest BCUT2D eigenvalue weighted by molar-refractivity contribution is 7.82. The number of aliphatic carboxylic acids is 2. The van der Waals surface area contributed by atoms with Gasteiger partial charge in [-0.05, 0) is 0 Å². The Labute approximate surface area is 566 Å². The van der Waals surface area contributed by atoms with Crippen LogP contribution >= 0.6 is 0 Å². The summed E-state index contributed by atoms with van der Waals surface area (Å²) in [5.41, 5.74) is 0. The Morgan fingerprint density at radius 2 is 0.545 bits per heavy atom. The summed E-state index contributed by atoms with van der Waals surface area (Å²) in [4.78, 5) is 26.0. The summed E-state index contributed by atoms with van der Waals surface area (Å²) in [5.74, 6) is -5.69. The van der Waals surface area contributed by atoms with Crippen LogP contribution in [0.15, 0.2) is 0 Å². The number of carbonyl (C=O) groups excluding carboxylic acids is 2. The SMILES string of the molecule is CO[C@H]1O[C@H](COS(=O)(=O)[O-])[C@@H](O[C@@H]2O[C@@H](C(=O)[O-])[C@@H](O[C@H]3O[C@H](COS(=O)(=O)[O-])[C@@H](O[C@@H]4O[C@H](C(=O)[O-])[C@@H](O[C@H]5O[C@H](COS(=O)(=O)[O-])[C@@H](O)[C@H](OS(=O)(=O)[O-])[C@H]5OS(=O)(=O)[O-])[C@H](OC)[C@H]4O)[C@H](OS(=O)(=O)[O-])[C@H]3OS(=O)(=O)[O-])[C@H](OC)[C@H]2OS(=O)(=O)[O-])[C@H](OS(=O)(=O)[O-])[C@H]1OS(=O)(=O)[O-]. The van der Waals surface area contributed by atoms with Crippen molar-refractivity contribution in [3.8, 4) is 0 Å². The number of carboxylic acid groups (broad SMARTS) is 2. The maximum atomic E-state index is 13.1. The lowest BCUT2D eigenvalue weighted by molar-refractivity contribution is -0.397. The van der Waals surface area contributed by atoms with E-state index in [0.29, 0.717) is 14.2 Å². The monoisotopic (exact) mass is 1690 g/mol. The van der Waals surface area contributed by atoms with Gasteiger partial charge in [0.15, 0.2) is 55.9 Å². The van der Waals surface area contributed by atoms with Crippen LogP contribution in [-0.4, -0.2) is 347 Å². The van der Waals surface area contributed by atoms with Gasteiger partial charge in [0, 0.05) is 21.3 Å². The Hall–Kier alpha value is -2.92. The molecule has 594 valence electrons. The number of aliphatic hydroxyl groups excluding tert-OH is 2. The molecular formula is C33H42O58S10-12. The quantitative estimate of drug-likeness (QED) is 0.0434. The van der Waals surface area contributed by atoms with E-state index in [0.717, 1.165) is 0 Å². The fourth-order valence-electron chi connectivity index (χ4n) is 9.63. The van der Waals surface area contributed by atoms with E-state index >= 15 is 0 Å². The number of carboxylic acids is 2. The number of rotatable bonds is 36. The minimum absolute atomic E-state index is 0.274. The van der Waals surface area contributed by atoms with Crippen LogP contribution in [-0.2, 0) is 212 Å². The summed E-state index contributed by atoms with van der Waals surface area (Å²) in [6, 6.07) is 0. The van der Waals surface area contributed by atoms with Gasteiger partial charge in [-0.2, -0.15) is 0 Å². The van der Waals surface area contributed by atoms with Crippen LogP contribution in [0.4, 0.5) is 0 Å². The van der Waals surface area contributed by atoms with Crippen molar-refractivity contribution < 1.29 is 258 Å². The Kier molecular flexibility index (Phi) is 29.6. The maximum Gasteiger partial charge on any atom is 0.218 e. The molecule has 5 rings (SSSR count). The highest BCUT2D eigenvalue weighted by Crippen LogP contribution is 2.41. The first kappa shape index (κ1) is 88.7. The van der Waals surface area contributed by atoms with E-state index in [1.165, 1.54) is 0 Å². The predicted octanol–water partition coefficient (Wildman–Crippen LogP) is -17.6. The first-order valence-electron chi connectivity index (χ1n) is 25.2. The number of aliphatic hydroxyl groups is 2. The molecule has 0 saturated carbocycles. The zero-order valence-electron chi connectivity index (χ0n) is 48.4. The zero-order valence-corrected chi connectivity index (χ0v) is 56.6. The molecule has 5 saturated heterocycles. The molecule has 0 unspecified atom stereocenters. The third kappa shape index (κ3) is 27.1. The molecule has 0 spiro atoms. The first-order chi connectivity index (χ1) is 45.6. The Bertz CT molecular complexity index is 4070. The van der Waals surface area contributed by atoms with Gasteiger partial charge >= 0.3 is 0 Å². The van der Waals surface area contributed by atoms with E-state index in [2.05, 4.69) is 41.8 Å². The lowest BCUT2D eigenvalue weighted by Crippen LogP contribution is -2.70. The van der Waals surface area contributed by atoms with E-state index in [9.17, 15) is 160 Å². The van der Waals surface area contributed by atoms with Crippen LogP contribution in [0.3, 0.4) is 0 Å². The van der Waals surface area contributed by atoms with Crippen LogP contribution in [0.1, 0.15) is 0 Å². The molecule has 5 aliphatic rings. The molecule has 5 aliphatic heterocycles. The van der Waals surface area contributed by atoms with Crippen molar-refractivity contribution in [1.29, 1.82) is 0 Å². The molecule has 25 atom stereocenters. The third-order valence-corrected chi connectivity index (χ3v) is 17.4. The van der Waals surface area contributed by atoms with Gasteiger partial charge in [0.25, 0.3) is 0 Å². The van der Waals surface area contributed by atoms with Crippen LogP contribution in [0.2, 0.25) is 0 Å². The summed E-state index contributed by atoms with van der Waals surface area (Å²) in [7, 11) is -62.8. The molecule has 0 amide bonds. The van der Waals surface area contributed by atoms with Crippen molar-refractivity contribution in [3.05, 3.63) is 0 Å². The minimum atomic E-state index is -6.81. The molecule has 2 N–H and O–H groups in total. The van der Waals surface area contributed by atoms with Crippen molar-refractivity contribution in [2.75, 3.05) is 41.2 Å². The lowest BCUT2D eigenvalue weighted by atomic mass is 9.95. The van der Waals surface area contributed by atoms with Crippen molar-refractivity contribution >= 4 is 116 Å². The molecule has 0 bridgehead atoms. The summed E-state index contributed by atoms with van der Waals surface area (Å²) in [6.45, 7) is -6.00. The highest BCUT2D eigenvalue weighted by atomic mass is 32.3. The van der Waals surface area contributed by atoms with Gasteiger partial charge in [-0.25, -0.2) is 84.2 Å². The molecule has 68 heteroatoms. The van der Waals surface area contributed by atoms with E-state index < -0.39 is 289 Å². The summed E-state index contributed by atoms with van der Waals surface area (Å²) < 4.78 is 463. The van der Waals surface area contributed by atoms with E-state index in [-0.39, 0.29) is 7.11 Å². The molecule has 58 nitrogen and oxygen atoms in total. The van der Waals surface area contributed by atoms with Gasteiger partial charge in [-0.15, -0.1) is 0 Å². The molecule has 5 heterocycles. The summed E-state index contributed by atoms with van der Waals surface area (Å²) in [5, 5.41) is 48.5. The van der Waals surface area contributed by atoms with Gasteiger partial charge < -0.3 is 132 Å². The molecule has 0 aromatic heterocycles. The number of hydrogen-bond acceptors (Lipinski definition) is 58. The van der Waals surface area contributed by atoms with Gasteiger partial charge in [-0.1, -0.05) is 0 Å². The van der Waals surface area contributed by atoms with Crippen molar-refractivity contribution in [2.24, 2.45) is 0 Å². The average molecular weight is 1690 g/mol. The highest BCUT2D eigenvalue weighted by Gasteiger charge is 2.61. The van der Waals surface area contributed by atoms with Crippen LogP contribution in [0.5, 0.6) is 0 Å². The van der Waals surface area contributed by atoms with Gasteiger partial charge in [0.1, 0.15) is 97.7 Å². The van der Waals surface area contributed by atoms with E-state index in [1.807, 2.05) is 0 Å². The topological polar surface area (TPSA) is 896 Å². The van der Waals surface area contributed by atoms with Crippen molar-refractivity contribution in [2.45, 2.75) is 154 Å². The van der Waals surface area contributed by atoms with Crippen LogP contribution in [0, 0.1) is 0 Å². The van der Waals surface area contributed by atoms with E-state index in [1.54, 1.807) is 0 Å². The molecule has 5 fully saturated rings. The van der Waals surface area contributed by atoms with Crippen LogP contribution < -0.4 is 10.2 Å². The maximum absolute atomic E-state index is 13.1.